The van der Waals surface area contributed by atoms with E-state index in [4.69, 9.17) is 4.74 Å². The van der Waals surface area contributed by atoms with Crippen LogP contribution < -0.4 is 5.32 Å². The second-order valence-electron chi connectivity index (χ2n) is 5.17. The van der Waals surface area contributed by atoms with Gasteiger partial charge in [-0.05, 0) is 41.5 Å². The van der Waals surface area contributed by atoms with Crippen LogP contribution in [-0.4, -0.2) is 35.2 Å². The lowest BCUT2D eigenvalue weighted by Crippen LogP contribution is -2.44. The van der Waals surface area contributed by atoms with E-state index in [1.165, 1.54) is 0 Å². The summed E-state index contributed by atoms with van der Waals surface area (Å²) >= 11 is 1.63. The first-order valence-electron chi connectivity index (χ1n) is 5.77. The summed E-state index contributed by atoms with van der Waals surface area (Å²) in [6.45, 7) is 12.6. The minimum absolute atomic E-state index is 0.0185. The summed E-state index contributed by atoms with van der Waals surface area (Å²) in [6.07, 6.45) is 0.263. The highest BCUT2D eigenvalue weighted by Crippen LogP contribution is 2.12. The number of thioether (sulfide) groups is 1. The highest BCUT2D eigenvalue weighted by atomic mass is 32.2. The van der Waals surface area contributed by atoms with Crippen molar-refractivity contribution in [3.8, 4) is 0 Å². The topological polar surface area (TPSA) is 38.3 Å². The van der Waals surface area contributed by atoms with Gasteiger partial charge in [-0.25, -0.2) is 0 Å². The lowest BCUT2D eigenvalue weighted by atomic mass is 10.1. The van der Waals surface area contributed by atoms with E-state index in [2.05, 4.69) is 5.32 Å². The molecule has 0 bridgehead atoms. The SMILES string of the molecule is CC(C)OCCS[C@@H](C)C(=O)NC(C)(C)C. The standard InChI is InChI=1S/C12H25NO2S/c1-9(2)15-7-8-16-10(3)11(14)13-12(4,5)6/h9-10H,7-8H2,1-6H3,(H,13,14)/t10-/m0/s1. The van der Waals surface area contributed by atoms with Crippen LogP contribution in [-0.2, 0) is 9.53 Å². The monoisotopic (exact) mass is 247 g/mol. The zero-order valence-corrected chi connectivity index (χ0v) is 12.1. The third kappa shape index (κ3) is 9.04. The van der Waals surface area contributed by atoms with Gasteiger partial charge >= 0.3 is 0 Å². The highest BCUT2D eigenvalue weighted by molar-refractivity contribution is 8.00. The van der Waals surface area contributed by atoms with Crippen molar-refractivity contribution in [1.82, 2.24) is 5.32 Å². The molecule has 96 valence electrons. The predicted octanol–water partition coefficient (Wildman–Crippen LogP) is 2.45. The number of carbonyl (C=O) groups excluding carboxylic acids is 1. The highest BCUT2D eigenvalue weighted by Gasteiger charge is 2.19. The first kappa shape index (κ1) is 15.8. The quantitative estimate of drug-likeness (QED) is 0.733. The van der Waals surface area contributed by atoms with Gasteiger partial charge in [0.2, 0.25) is 5.91 Å². The molecule has 0 aliphatic carbocycles. The molecule has 0 spiro atoms. The Bertz CT molecular complexity index is 212. The maximum Gasteiger partial charge on any atom is 0.233 e. The van der Waals surface area contributed by atoms with Crippen LogP contribution in [0.2, 0.25) is 0 Å². The fourth-order valence-electron chi connectivity index (χ4n) is 1.06. The van der Waals surface area contributed by atoms with Gasteiger partial charge in [0.15, 0.2) is 0 Å². The molecular weight excluding hydrogens is 222 g/mol. The largest absolute Gasteiger partial charge is 0.378 e. The van der Waals surface area contributed by atoms with Crippen molar-refractivity contribution < 1.29 is 9.53 Å². The Morgan fingerprint density at radius 1 is 1.31 bits per heavy atom. The molecular formula is C12H25NO2S. The molecule has 0 aromatic heterocycles. The molecule has 0 aromatic rings. The molecule has 4 heteroatoms. The van der Waals surface area contributed by atoms with Crippen molar-refractivity contribution in [2.45, 2.75) is 58.4 Å². The third-order valence-electron chi connectivity index (χ3n) is 1.77. The van der Waals surface area contributed by atoms with E-state index in [1.807, 2.05) is 41.5 Å². The van der Waals surface area contributed by atoms with E-state index in [0.717, 1.165) is 5.75 Å². The van der Waals surface area contributed by atoms with Crippen LogP contribution in [0.5, 0.6) is 0 Å². The molecule has 0 aliphatic rings. The molecule has 0 rings (SSSR count). The van der Waals surface area contributed by atoms with Crippen molar-refractivity contribution in [2.24, 2.45) is 0 Å². The van der Waals surface area contributed by atoms with Crippen molar-refractivity contribution >= 4 is 17.7 Å². The summed E-state index contributed by atoms with van der Waals surface area (Å²) in [7, 11) is 0. The Kier molecular flexibility index (Phi) is 7.07. The number of carbonyl (C=O) groups is 1. The predicted molar refractivity (Wildman–Crippen MR) is 70.9 cm³/mol. The van der Waals surface area contributed by atoms with E-state index >= 15 is 0 Å². The van der Waals surface area contributed by atoms with E-state index in [-0.39, 0.29) is 22.8 Å². The first-order valence-corrected chi connectivity index (χ1v) is 6.82. The Labute approximate surface area is 104 Å². The summed E-state index contributed by atoms with van der Waals surface area (Å²) in [5.74, 6) is 0.957. The molecule has 0 saturated heterocycles. The van der Waals surface area contributed by atoms with Crippen molar-refractivity contribution in [2.75, 3.05) is 12.4 Å². The van der Waals surface area contributed by atoms with Crippen LogP contribution in [0.15, 0.2) is 0 Å². The Balaban J connectivity index is 3.72. The van der Waals surface area contributed by atoms with Gasteiger partial charge in [-0.2, -0.15) is 0 Å². The van der Waals surface area contributed by atoms with Gasteiger partial charge < -0.3 is 10.1 Å². The van der Waals surface area contributed by atoms with Gasteiger partial charge in [0.1, 0.15) is 0 Å². The van der Waals surface area contributed by atoms with Gasteiger partial charge in [-0.1, -0.05) is 0 Å². The maximum atomic E-state index is 11.7. The van der Waals surface area contributed by atoms with E-state index in [9.17, 15) is 4.79 Å². The molecule has 0 heterocycles. The number of rotatable bonds is 6. The lowest BCUT2D eigenvalue weighted by molar-refractivity contribution is -0.121. The van der Waals surface area contributed by atoms with Crippen LogP contribution in [0.3, 0.4) is 0 Å². The van der Waals surface area contributed by atoms with Gasteiger partial charge in [0.05, 0.1) is 18.0 Å². The molecule has 0 saturated carbocycles. The van der Waals surface area contributed by atoms with Crippen LogP contribution >= 0.6 is 11.8 Å². The molecule has 1 amide bonds. The summed E-state index contributed by atoms with van der Waals surface area (Å²) in [6, 6.07) is 0. The van der Waals surface area contributed by atoms with Crippen molar-refractivity contribution in [3.63, 3.8) is 0 Å². The summed E-state index contributed by atoms with van der Waals surface area (Å²) in [4.78, 5) is 11.7. The number of hydrogen-bond donors (Lipinski definition) is 1. The van der Waals surface area contributed by atoms with E-state index in [1.54, 1.807) is 11.8 Å². The molecule has 0 aromatic carbocycles. The fraction of sp³-hybridized carbons (Fsp3) is 0.917. The normalized spacial score (nSPS) is 13.9. The molecule has 1 atom stereocenters. The fourth-order valence-corrected chi connectivity index (χ4v) is 1.81. The van der Waals surface area contributed by atoms with Gasteiger partial charge in [-0.15, -0.1) is 11.8 Å². The minimum atomic E-state index is -0.152. The average molecular weight is 247 g/mol. The molecule has 0 aliphatic heterocycles. The van der Waals surface area contributed by atoms with E-state index < -0.39 is 0 Å². The van der Waals surface area contributed by atoms with Crippen LogP contribution in [0.4, 0.5) is 0 Å². The number of nitrogens with one attached hydrogen (secondary N) is 1. The Morgan fingerprint density at radius 3 is 2.31 bits per heavy atom. The average Bonchev–Trinajstić information content (AvgIpc) is 2.08. The van der Waals surface area contributed by atoms with Gasteiger partial charge in [0.25, 0.3) is 0 Å². The number of ether oxygens (including phenoxy) is 1. The Hall–Kier alpha value is -0.220. The van der Waals surface area contributed by atoms with Gasteiger partial charge in [0, 0.05) is 11.3 Å². The lowest BCUT2D eigenvalue weighted by Gasteiger charge is -2.23. The molecule has 16 heavy (non-hydrogen) atoms. The van der Waals surface area contributed by atoms with Crippen molar-refractivity contribution in [3.05, 3.63) is 0 Å². The molecule has 0 radical (unpaired) electrons. The van der Waals surface area contributed by atoms with Crippen LogP contribution in [0.1, 0.15) is 41.5 Å². The van der Waals surface area contributed by atoms with Crippen LogP contribution in [0.25, 0.3) is 0 Å². The van der Waals surface area contributed by atoms with Crippen LogP contribution in [0, 0.1) is 0 Å². The Morgan fingerprint density at radius 2 is 1.88 bits per heavy atom. The molecule has 1 N–H and O–H groups in total. The minimum Gasteiger partial charge on any atom is -0.378 e. The smallest absolute Gasteiger partial charge is 0.233 e. The maximum absolute atomic E-state index is 11.7. The number of hydrogen-bond acceptors (Lipinski definition) is 3. The van der Waals surface area contributed by atoms with Crippen molar-refractivity contribution in [1.29, 1.82) is 0 Å². The summed E-state index contributed by atoms with van der Waals surface area (Å²) in [5, 5.41) is 2.95. The first-order chi connectivity index (χ1) is 7.22. The second-order valence-corrected chi connectivity index (χ2v) is 6.62. The van der Waals surface area contributed by atoms with E-state index in [0.29, 0.717) is 6.61 Å². The summed E-state index contributed by atoms with van der Waals surface area (Å²) < 4.78 is 5.42. The second kappa shape index (κ2) is 7.17. The number of amides is 1. The molecule has 0 unspecified atom stereocenters. The van der Waals surface area contributed by atoms with Gasteiger partial charge in [-0.3, -0.25) is 4.79 Å². The zero-order chi connectivity index (χ0) is 12.8. The summed E-state index contributed by atoms with van der Waals surface area (Å²) in [5.41, 5.74) is -0.152. The molecule has 0 fully saturated rings. The third-order valence-corrected chi connectivity index (χ3v) is 2.89. The zero-order valence-electron chi connectivity index (χ0n) is 11.3. The molecule has 3 nitrogen and oxygen atoms in total.